The van der Waals surface area contributed by atoms with Gasteiger partial charge in [0.1, 0.15) is 58.2 Å². The molecule has 0 spiro atoms. The highest BCUT2D eigenvalue weighted by Crippen LogP contribution is 2.38. The van der Waals surface area contributed by atoms with Gasteiger partial charge >= 0.3 is 0 Å². The van der Waals surface area contributed by atoms with Gasteiger partial charge in [0, 0.05) is 17.7 Å². The molecule has 2 aromatic carbocycles. The minimum atomic E-state index is -2.04. The summed E-state index contributed by atoms with van der Waals surface area (Å²) in [6.45, 7) is 0.127. The monoisotopic (exact) mass is 564 g/mol. The molecule has 14 heteroatoms. The molecular weight excluding hydrogens is 536 g/mol. The van der Waals surface area contributed by atoms with E-state index >= 15 is 0 Å². The summed E-state index contributed by atoms with van der Waals surface area (Å²) in [5, 5.41) is 80.5. The molecule has 2 fully saturated rings. The van der Waals surface area contributed by atoms with Crippen molar-refractivity contribution in [1.82, 2.24) is 0 Å². The van der Waals surface area contributed by atoms with Crippen molar-refractivity contribution >= 4 is 11.0 Å². The van der Waals surface area contributed by atoms with Gasteiger partial charge in [-0.2, -0.15) is 0 Å². The Morgan fingerprint density at radius 1 is 0.975 bits per heavy atom. The van der Waals surface area contributed by atoms with Crippen LogP contribution in [0.2, 0.25) is 0 Å². The van der Waals surface area contributed by atoms with Crippen LogP contribution in [0.5, 0.6) is 23.0 Å². The Balaban J connectivity index is 1.58. The zero-order chi connectivity index (χ0) is 28.9. The SMILES string of the molecule is C[C@@H]1O[C@@H](Oc2cc(O)c3c(=O)c(O[C@@H]4OC[C@](O)(CO)[C@H]4O)c(-c4ccc(O)cc4)oc3c2)[C@H](O)[C@H](O)[C@H]1O. The van der Waals surface area contributed by atoms with Crippen molar-refractivity contribution in [2.24, 2.45) is 0 Å². The van der Waals surface area contributed by atoms with Crippen molar-refractivity contribution in [2.75, 3.05) is 13.2 Å². The Bertz CT molecular complexity index is 1440. The third-order valence-electron chi connectivity index (χ3n) is 6.91. The fourth-order valence-electron chi connectivity index (χ4n) is 4.49. The highest BCUT2D eigenvalue weighted by molar-refractivity contribution is 5.88. The number of ether oxygens (including phenoxy) is 4. The van der Waals surface area contributed by atoms with Crippen LogP contribution in [0.25, 0.3) is 22.3 Å². The van der Waals surface area contributed by atoms with Gasteiger partial charge in [0.2, 0.25) is 23.8 Å². The minimum absolute atomic E-state index is 0.0854. The molecular formula is C26H28O14. The minimum Gasteiger partial charge on any atom is -0.508 e. The Labute approximate surface area is 225 Å². The number of phenolic OH excluding ortho intramolecular Hbond substituents is 2. The van der Waals surface area contributed by atoms with E-state index in [0.717, 1.165) is 6.07 Å². The Kier molecular flexibility index (Phi) is 7.37. The predicted octanol–water partition coefficient (Wildman–Crippen LogP) is -1.10. The van der Waals surface area contributed by atoms with Crippen molar-refractivity contribution in [3.05, 3.63) is 46.6 Å². The second kappa shape index (κ2) is 10.5. The van der Waals surface area contributed by atoms with Gasteiger partial charge in [-0.25, -0.2) is 0 Å². The fourth-order valence-corrected chi connectivity index (χ4v) is 4.49. The van der Waals surface area contributed by atoms with Crippen molar-refractivity contribution in [3.63, 3.8) is 0 Å². The van der Waals surface area contributed by atoms with E-state index in [2.05, 4.69) is 0 Å². The Morgan fingerprint density at radius 3 is 2.33 bits per heavy atom. The quantitative estimate of drug-likeness (QED) is 0.178. The van der Waals surface area contributed by atoms with Crippen molar-refractivity contribution < 1.29 is 64.2 Å². The van der Waals surface area contributed by atoms with Gasteiger partial charge in [0.15, 0.2) is 5.76 Å². The number of hydrogen-bond donors (Lipinski definition) is 8. The van der Waals surface area contributed by atoms with Crippen LogP contribution in [0.3, 0.4) is 0 Å². The van der Waals surface area contributed by atoms with Crippen molar-refractivity contribution in [3.8, 4) is 34.3 Å². The first kappa shape index (κ1) is 28.1. The summed E-state index contributed by atoms with van der Waals surface area (Å²) in [6, 6.07) is 7.69. The summed E-state index contributed by atoms with van der Waals surface area (Å²) >= 11 is 0. The molecule has 0 unspecified atom stereocenters. The van der Waals surface area contributed by atoms with E-state index in [9.17, 15) is 45.6 Å². The van der Waals surface area contributed by atoms with Crippen LogP contribution < -0.4 is 14.9 Å². The normalized spacial score (nSPS) is 32.3. The average molecular weight is 564 g/mol. The van der Waals surface area contributed by atoms with E-state index in [4.69, 9.17) is 23.4 Å². The maximum atomic E-state index is 13.6. The first-order valence-corrected chi connectivity index (χ1v) is 12.2. The van der Waals surface area contributed by atoms with Gasteiger partial charge < -0.3 is 64.2 Å². The number of benzene rings is 2. The highest BCUT2D eigenvalue weighted by atomic mass is 16.7. The summed E-state index contributed by atoms with van der Waals surface area (Å²) in [4.78, 5) is 13.6. The molecule has 0 aliphatic carbocycles. The lowest BCUT2D eigenvalue weighted by molar-refractivity contribution is -0.268. The number of aromatic hydroxyl groups is 2. The third-order valence-corrected chi connectivity index (χ3v) is 6.91. The first-order chi connectivity index (χ1) is 18.9. The molecule has 3 heterocycles. The first-order valence-electron chi connectivity index (χ1n) is 12.2. The Hall–Kier alpha value is -3.47. The number of phenols is 2. The predicted molar refractivity (Wildman–Crippen MR) is 133 cm³/mol. The molecule has 0 saturated carbocycles. The van der Waals surface area contributed by atoms with E-state index in [-0.39, 0.29) is 33.8 Å². The fraction of sp³-hybridized carbons (Fsp3) is 0.423. The van der Waals surface area contributed by atoms with Gasteiger partial charge in [-0.1, -0.05) is 0 Å². The average Bonchev–Trinajstić information content (AvgIpc) is 3.21. The second-order valence-corrected chi connectivity index (χ2v) is 9.75. The maximum Gasteiger partial charge on any atom is 0.239 e. The molecule has 40 heavy (non-hydrogen) atoms. The summed E-state index contributed by atoms with van der Waals surface area (Å²) in [5.74, 6) is -1.54. The van der Waals surface area contributed by atoms with Gasteiger partial charge in [-0.15, -0.1) is 0 Å². The van der Waals surface area contributed by atoms with Crippen molar-refractivity contribution in [1.29, 1.82) is 0 Å². The van der Waals surface area contributed by atoms with E-state index in [1.807, 2.05) is 0 Å². The number of aliphatic hydroxyl groups excluding tert-OH is 5. The van der Waals surface area contributed by atoms with Crippen LogP contribution >= 0.6 is 0 Å². The van der Waals surface area contributed by atoms with Crippen LogP contribution in [0.15, 0.2) is 45.6 Å². The third kappa shape index (κ3) is 4.84. The van der Waals surface area contributed by atoms with E-state index in [0.29, 0.717) is 0 Å². The number of aliphatic hydroxyl groups is 6. The summed E-state index contributed by atoms with van der Waals surface area (Å²) in [5.41, 5.74) is -2.90. The van der Waals surface area contributed by atoms with Crippen LogP contribution in [0.4, 0.5) is 0 Å². The van der Waals surface area contributed by atoms with Gasteiger partial charge in [-0.05, 0) is 31.2 Å². The lowest BCUT2D eigenvalue weighted by atomic mass is 10.00. The van der Waals surface area contributed by atoms with Gasteiger partial charge in [0.25, 0.3) is 0 Å². The molecule has 0 bridgehead atoms. The molecule has 2 aliphatic heterocycles. The molecule has 0 radical (unpaired) electrons. The van der Waals surface area contributed by atoms with Crippen LogP contribution in [-0.4, -0.2) is 103 Å². The van der Waals surface area contributed by atoms with E-state index in [1.54, 1.807) is 0 Å². The molecule has 8 N–H and O–H groups in total. The Morgan fingerprint density at radius 2 is 1.68 bits per heavy atom. The highest BCUT2D eigenvalue weighted by Gasteiger charge is 2.50. The van der Waals surface area contributed by atoms with Gasteiger partial charge in [0.05, 0.1) is 19.3 Å². The summed E-state index contributed by atoms with van der Waals surface area (Å²) in [6.07, 6.45) is -10.3. The van der Waals surface area contributed by atoms with Crippen molar-refractivity contribution in [2.45, 2.75) is 55.6 Å². The lowest BCUT2D eigenvalue weighted by Gasteiger charge is -2.38. The number of hydrogen-bond acceptors (Lipinski definition) is 14. The molecule has 5 rings (SSSR count). The molecule has 216 valence electrons. The van der Waals surface area contributed by atoms with Gasteiger partial charge in [-0.3, -0.25) is 4.79 Å². The largest absolute Gasteiger partial charge is 0.508 e. The van der Waals surface area contributed by atoms with Crippen LogP contribution in [0, 0.1) is 0 Å². The maximum absolute atomic E-state index is 13.6. The van der Waals surface area contributed by atoms with Crippen LogP contribution in [-0.2, 0) is 9.47 Å². The molecule has 0 amide bonds. The summed E-state index contributed by atoms with van der Waals surface area (Å²) < 4.78 is 27.8. The number of fused-ring (bicyclic) bond motifs is 1. The molecule has 8 atom stereocenters. The second-order valence-electron chi connectivity index (χ2n) is 9.75. The van der Waals surface area contributed by atoms with E-state index in [1.165, 1.54) is 37.3 Å². The molecule has 14 nitrogen and oxygen atoms in total. The lowest BCUT2D eigenvalue weighted by Crippen LogP contribution is -2.58. The number of rotatable bonds is 6. The smallest absolute Gasteiger partial charge is 0.239 e. The molecule has 1 aromatic heterocycles. The molecule has 3 aromatic rings. The molecule has 2 saturated heterocycles. The zero-order valence-electron chi connectivity index (χ0n) is 20.9. The standard InChI is InChI=1S/C26H28O14/c1-10-17(30)19(32)20(33)24(37-10)38-13-6-14(29)16-15(7-13)39-21(11-2-4-12(28)5-3-11)22(18(16)31)40-25-23(34)26(35,8-27)9-36-25/h2-7,10,17,19-20,23-25,27-30,32-35H,8-9H2,1H3/t10-,17-,19+,20+,23-,24-,25-,26+/m0/s1. The zero-order valence-corrected chi connectivity index (χ0v) is 20.9. The molecule has 2 aliphatic rings. The summed E-state index contributed by atoms with van der Waals surface area (Å²) in [7, 11) is 0. The van der Waals surface area contributed by atoms with E-state index < -0.39 is 78.8 Å². The topological polar surface area (TPSA) is 229 Å². The van der Waals surface area contributed by atoms with Crippen LogP contribution in [0.1, 0.15) is 6.92 Å².